The number of aryl methyl sites for hydroxylation is 2. The van der Waals surface area contributed by atoms with Crippen molar-refractivity contribution in [3.8, 4) is 22.5 Å². The Morgan fingerprint density at radius 2 is 1.64 bits per heavy atom. The van der Waals surface area contributed by atoms with Gasteiger partial charge in [-0.05, 0) is 34.7 Å². The molecule has 172 valence electrons. The molecule has 0 saturated heterocycles. The number of hydrogen-bond donors (Lipinski definition) is 1. The summed E-state index contributed by atoms with van der Waals surface area (Å²) in [6.07, 6.45) is 8.96. The molecule has 2 aromatic heterocycles. The predicted molar refractivity (Wildman–Crippen MR) is 131 cm³/mol. The average Bonchev–Trinajstić information content (AvgIpc) is 3.52. The van der Waals surface area contributed by atoms with Gasteiger partial charge in [-0.1, -0.05) is 88.1 Å². The molecule has 4 aromatic rings. The molecule has 7 heteroatoms. The molecule has 7 nitrogen and oxygen atoms in total. The summed E-state index contributed by atoms with van der Waals surface area (Å²) in [5, 5.41) is 19.4. The van der Waals surface area contributed by atoms with E-state index in [2.05, 4.69) is 69.5 Å². The smallest absolute Gasteiger partial charge is 0.205 e. The van der Waals surface area contributed by atoms with Gasteiger partial charge < -0.3 is 0 Å². The number of H-pyrrole nitrogens is 1. The number of unbranched alkanes of at least 4 members (excludes halogenated alkanes) is 4. The van der Waals surface area contributed by atoms with E-state index in [9.17, 15) is 0 Å². The van der Waals surface area contributed by atoms with E-state index >= 15 is 0 Å². The van der Waals surface area contributed by atoms with Gasteiger partial charge in [0, 0.05) is 24.9 Å². The Hall–Kier alpha value is -3.35. The maximum Gasteiger partial charge on any atom is 0.205 e. The van der Waals surface area contributed by atoms with Crippen LogP contribution in [-0.2, 0) is 19.4 Å². The molecule has 0 saturated carbocycles. The van der Waals surface area contributed by atoms with Gasteiger partial charge in [0.1, 0.15) is 5.82 Å². The first-order chi connectivity index (χ1) is 16.3. The molecule has 2 heterocycles. The summed E-state index contributed by atoms with van der Waals surface area (Å²) in [7, 11) is 0. The fourth-order valence-electron chi connectivity index (χ4n) is 4.06. The highest BCUT2D eigenvalue weighted by atomic mass is 15.5. The maximum absolute atomic E-state index is 4.90. The molecule has 1 N–H and O–H groups in total. The van der Waals surface area contributed by atoms with E-state index in [4.69, 9.17) is 10.1 Å². The molecule has 0 aliphatic heterocycles. The summed E-state index contributed by atoms with van der Waals surface area (Å²) < 4.78 is 2.14. The number of aromatic amines is 1. The third-order valence-electron chi connectivity index (χ3n) is 5.91. The minimum Gasteiger partial charge on any atom is -0.249 e. The van der Waals surface area contributed by atoms with E-state index < -0.39 is 0 Å². The monoisotopic (exact) mass is 443 g/mol. The molecule has 2 aromatic carbocycles. The lowest BCUT2D eigenvalue weighted by Gasteiger charge is -2.09. The van der Waals surface area contributed by atoms with Crippen LogP contribution in [0.1, 0.15) is 69.6 Å². The molecule has 0 atom stereocenters. The van der Waals surface area contributed by atoms with Crippen LogP contribution in [0.15, 0.2) is 48.5 Å². The zero-order valence-electron chi connectivity index (χ0n) is 19.7. The quantitative estimate of drug-likeness (QED) is 0.286. The third-order valence-corrected chi connectivity index (χ3v) is 5.91. The van der Waals surface area contributed by atoms with Crippen molar-refractivity contribution in [2.24, 2.45) is 0 Å². The molecule has 4 rings (SSSR count). The van der Waals surface area contributed by atoms with Gasteiger partial charge in [0.05, 0.1) is 0 Å². The highest BCUT2D eigenvalue weighted by Crippen LogP contribution is 2.30. The number of hydrogen-bond acceptors (Lipinski definition) is 5. The summed E-state index contributed by atoms with van der Waals surface area (Å²) in [4.78, 5) is 4.90. The zero-order valence-corrected chi connectivity index (χ0v) is 19.7. The Bertz CT molecular complexity index is 1110. The number of benzene rings is 2. The topological polar surface area (TPSA) is 85.2 Å². The van der Waals surface area contributed by atoms with Crippen molar-refractivity contribution in [3.05, 3.63) is 65.7 Å². The number of aromatic nitrogens is 7. The van der Waals surface area contributed by atoms with Crippen molar-refractivity contribution in [1.82, 2.24) is 35.4 Å². The molecule has 0 spiro atoms. The van der Waals surface area contributed by atoms with E-state index in [0.29, 0.717) is 5.82 Å². The molecule has 0 unspecified atom stereocenters. The molecule has 0 radical (unpaired) electrons. The number of rotatable bonds is 12. The van der Waals surface area contributed by atoms with Crippen LogP contribution < -0.4 is 0 Å². The van der Waals surface area contributed by atoms with Gasteiger partial charge in [-0.25, -0.2) is 9.67 Å². The van der Waals surface area contributed by atoms with E-state index in [1.165, 1.54) is 24.8 Å². The van der Waals surface area contributed by atoms with Crippen LogP contribution in [0.2, 0.25) is 0 Å². The van der Waals surface area contributed by atoms with Crippen LogP contribution in [0.5, 0.6) is 0 Å². The van der Waals surface area contributed by atoms with Gasteiger partial charge in [-0.15, -0.1) is 10.2 Å². The molecule has 0 aliphatic rings. The van der Waals surface area contributed by atoms with Crippen LogP contribution >= 0.6 is 0 Å². The Morgan fingerprint density at radius 3 is 2.36 bits per heavy atom. The summed E-state index contributed by atoms with van der Waals surface area (Å²) in [6.45, 7) is 5.40. The summed E-state index contributed by atoms with van der Waals surface area (Å²) in [6, 6.07) is 16.8. The van der Waals surface area contributed by atoms with E-state index in [0.717, 1.165) is 67.0 Å². The van der Waals surface area contributed by atoms with E-state index in [1.54, 1.807) is 0 Å². The second-order valence-corrected chi connectivity index (χ2v) is 8.49. The Kier molecular flexibility index (Phi) is 7.95. The highest BCUT2D eigenvalue weighted by molar-refractivity contribution is 5.80. The first-order valence-electron chi connectivity index (χ1n) is 12.1. The summed E-state index contributed by atoms with van der Waals surface area (Å²) in [5.74, 6) is 2.65. The Morgan fingerprint density at radius 1 is 0.848 bits per heavy atom. The lowest BCUT2D eigenvalue weighted by atomic mass is 9.98. The zero-order chi connectivity index (χ0) is 22.9. The normalized spacial score (nSPS) is 11.2. The number of nitrogens with zero attached hydrogens (tertiary/aromatic N) is 6. The maximum atomic E-state index is 4.90. The third kappa shape index (κ3) is 5.92. The van der Waals surface area contributed by atoms with Crippen LogP contribution in [0.25, 0.3) is 22.5 Å². The molecular formula is C26H33N7. The summed E-state index contributed by atoms with van der Waals surface area (Å²) in [5.41, 5.74) is 4.42. The molecule has 0 bridgehead atoms. The molecule has 33 heavy (non-hydrogen) atoms. The summed E-state index contributed by atoms with van der Waals surface area (Å²) >= 11 is 0. The molecule has 0 amide bonds. The van der Waals surface area contributed by atoms with Crippen LogP contribution in [-0.4, -0.2) is 35.4 Å². The van der Waals surface area contributed by atoms with Gasteiger partial charge >= 0.3 is 0 Å². The van der Waals surface area contributed by atoms with E-state index in [1.807, 2.05) is 18.2 Å². The van der Waals surface area contributed by atoms with E-state index in [-0.39, 0.29) is 0 Å². The van der Waals surface area contributed by atoms with Crippen molar-refractivity contribution in [2.45, 2.75) is 71.8 Å². The van der Waals surface area contributed by atoms with Crippen LogP contribution in [0.4, 0.5) is 0 Å². The second kappa shape index (κ2) is 11.5. The van der Waals surface area contributed by atoms with Crippen molar-refractivity contribution < 1.29 is 0 Å². The average molecular weight is 444 g/mol. The second-order valence-electron chi connectivity index (χ2n) is 8.49. The standard InChI is InChI=1S/C26H33N7/c1-3-5-7-10-18-33-25(27-24(30-33)13-6-4-2)19-20-14-16-21(17-15-20)22-11-8-9-12-23(22)26-28-31-32-29-26/h8-9,11-12,14-17H,3-7,10,13,18-19H2,1-2H3,(H,28,29,31,32). The molecule has 0 aliphatic carbocycles. The minimum absolute atomic E-state index is 0.602. The van der Waals surface area contributed by atoms with Gasteiger partial charge in [-0.2, -0.15) is 10.3 Å². The number of tetrazole rings is 1. The van der Waals surface area contributed by atoms with Gasteiger partial charge in [0.2, 0.25) is 5.82 Å². The lowest BCUT2D eigenvalue weighted by molar-refractivity contribution is 0.521. The predicted octanol–water partition coefficient (Wildman–Crippen LogP) is 5.64. The van der Waals surface area contributed by atoms with Crippen LogP contribution in [0, 0.1) is 0 Å². The first kappa shape index (κ1) is 22.8. The fourth-order valence-corrected chi connectivity index (χ4v) is 4.06. The van der Waals surface area contributed by atoms with Crippen molar-refractivity contribution in [3.63, 3.8) is 0 Å². The number of nitrogens with one attached hydrogen (secondary N) is 1. The van der Waals surface area contributed by atoms with Crippen molar-refractivity contribution in [1.29, 1.82) is 0 Å². The lowest BCUT2D eigenvalue weighted by Crippen LogP contribution is -2.07. The first-order valence-corrected chi connectivity index (χ1v) is 12.1. The fraction of sp³-hybridized carbons (Fsp3) is 0.423. The van der Waals surface area contributed by atoms with Crippen molar-refractivity contribution >= 4 is 0 Å². The molecular weight excluding hydrogens is 410 g/mol. The van der Waals surface area contributed by atoms with Gasteiger partial charge in [0.15, 0.2) is 5.82 Å². The van der Waals surface area contributed by atoms with Gasteiger partial charge in [-0.3, -0.25) is 0 Å². The Balaban J connectivity index is 1.52. The Labute approximate surface area is 195 Å². The largest absolute Gasteiger partial charge is 0.249 e. The van der Waals surface area contributed by atoms with Gasteiger partial charge in [0.25, 0.3) is 0 Å². The molecule has 0 fully saturated rings. The van der Waals surface area contributed by atoms with Crippen molar-refractivity contribution in [2.75, 3.05) is 0 Å². The van der Waals surface area contributed by atoms with Crippen LogP contribution in [0.3, 0.4) is 0 Å². The minimum atomic E-state index is 0.602. The SMILES string of the molecule is CCCCCCn1nc(CCCC)nc1Cc1ccc(-c2ccccc2-c2nn[nH]n2)cc1. The highest BCUT2D eigenvalue weighted by Gasteiger charge is 2.13.